The minimum absolute atomic E-state index is 0.0945. The fourth-order valence-electron chi connectivity index (χ4n) is 7.32. The molecule has 0 saturated heterocycles. The van der Waals surface area contributed by atoms with Gasteiger partial charge in [-0.2, -0.15) is 0 Å². The monoisotopic (exact) mass is 360 g/mol. The summed E-state index contributed by atoms with van der Waals surface area (Å²) in [5.41, 5.74) is -0.240. The summed E-state index contributed by atoms with van der Waals surface area (Å²) in [5, 5.41) is 0. The number of Topliss-reactive ketones (excluding diaryl/α,β-unsaturated/α-hetero) is 1. The summed E-state index contributed by atoms with van der Waals surface area (Å²) in [6.07, 6.45) is 5.05. The SMILES string of the molecule is C=C1C[C@]23C[C@H]1CCC2[C@H]1CCC(=O)[C@@](C)(C(=O)OC)C1C3C(=O)OC. The first kappa shape index (κ1) is 17.7. The lowest BCUT2D eigenvalue weighted by Crippen LogP contribution is -2.52. The van der Waals surface area contributed by atoms with Crippen molar-refractivity contribution in [1.29, 1.82) is 0 Å². The Kier molecular flexibility index (Phi) is 3.87. The summed E-state index contributed by atoms with van der Waals surface area (Å²) >= 11 is 0. The number of carbonyl (C=O) groups is 3. The minimum Gasteiger partial charge on any atom is -0.469 e. The number of methoxy groups -OCH3 is 2. The molecule has 4 aliphatic rings. The summed E-state index contributed by atoms with van der Waals surface area (Å²) in [5.74, 6) is -0.646. The smallest absolute Gasteiger partial charge is 0.319 e. The number of fused-ring (bicyclic) bond motifs is 3. The average molecular weight is 360 g/mol. The number of hydrogen-bond donors (Lipinski definition) is 0. The van der Waals surface area contributed by atoms with Gasteiger partial charge in [0.05, 0.1) is 20.1 Å². The van der Waals surface area contributed by atoms with Crippen LogP contribution in [0.4, 0.5) is 0 Å². The van der Waals surface area contributed by atoms with E-state index in [1.807, 2.05) is 0 Å². The third-order valence-corrected chi connectivity index (χ3v) is 8.30. The molecule has 0 amide bonds. The fourth-order valence-corrected chi connectivity index (χ4v) is 7.32. The summed E-state index contributed by atoms with van der Waals surface area (Å²) in [7, 11) is 2.73. The van der Waals surface area contributed by atoms with E-state index < -0.39 is 17.3 Å². The molecule has 26 heavy (non-hydrogen) atoms. The van der Waals surface area contributed by atoms with Gasteiger partial charge in [-0.1, -0.05) is 12.2 Å². The molecule has 5 heteroatoms. The Bertz CT molecular complexity index is 687. The maximum atomic E-state index is 13.0. The van der Waals surface area contributed by atoms with Crippen LogP contribution < -0.4 is 0 Å². The van der Waals surface area contributed by atoms with Gasteiger partial charge in [-0.15, -0.1) is 0 Å². The number of hydrogen-bond acceptors (Lipinski definition) is 5. The molecule has 0 N–H and O–H groups in total. The molecule has 3 unspecified atom stereocenters. The molecule has 2 bridgehead atoms. The van der Waals surface area contributed by atoms with E-state index in [0.717, 1.165) is 32.1 Å². The molecule has 4 aliphatic carbocycles. The van der Waals surface area contributed by atoms with Gasteiger partial charge in [0.15, 0.2) is 0 Å². The molecule has 0 aliphatic heterocycles. The summed E-state index contributed by atoms with van der Waals surface area (Å²) in [6.45, 7) is 5.98. The van der Waals surface area contributed by atoms with Crippen molar-refractivity contribution in [2.75, 3.05) is 14.2 Å². The summed E-state index contributed by atoms with van der Waals surface area (Å²) < 4.78 is 10.3. The molecule has 1 spiro atoms. The van der Waals surface area contributed by atoms with Crippen LogP contribution in [0.2, 0.25) is 0 Å². The van der Waals surface area contributed by atoms with Gasteiger partial charge in [-0.05, 0) is 68.1 Å². The number of allylic oxidation sites excluding steroid dienone is 1. The van der Waals surface area contributed by atoms with E-state index in [1.165, 1.54) is 19.8 Å². The maximum absolute atomic E-state index is 13.0. The van der Waals surface area contributed by atoms with E-state index in [1.54, 1.807) is 6.92 Å². The van der Waals surface area contributed by atoms with Gasteiger partial charge in [0.2, 0.25) is 0 Å². The molecular weight excluding hydrogens is 332 g/mol. The zero-order valence-electron chi connectivity index (χ0n) is 15.9. The number of carbonyl (C=O) groups excluding carboxylic acids is 3. The standard InChI is InChI=1S/C21H28O5/c1-11-9-21-10-12(11)5-7-14(21)13-6-8-15(22)20(2,19(24)26-4)16(13)17(21)18(23)25-3/h12-14,16-17H,1,5-10H2,2-4H3/t12-,13-,14?,16?,17?,20-,21+/m1/s1. The van der Waals surface area contributed by atoms with Crippen LogP contribution in [0, 0.1) is 40.4 Å². The summed E-state index contributed by atoms with van der Waals surface area (Å²) in [6, 6.07) is 0. The molecule has 0 aromatic heterocycles. The highest BCUT2D eigenvalue weighted by atomic mass is 16.5. The van der Waals surface area contributed by atoms with Crippen LogP contribution in [-0.2, 0) is 23.9 Å². The van der Waals surface area contributed by atoms with Crippen LogP contribution in [0.3, 0.4) is 0 Å². The van der Waals surface area contributed by atoms with E-state index in [0.29, 0.717) is 18.3 Å². The van der Waals surface area contributed by atoms with Crippen molar-refractivity contribution in [2.24, 2.45) is 40.4 Å². The molecule has 4 fully saturated rings. The molecule has 7 atom stereocenters. The molecular formula is C21H28O5. The van der Waals surface area contributed by atoms with E-state index in [9.17, 15) is 14.4 Å². The van der Waals surface area contributed by atoms with Crippen LogP contribution in [0.25, 0.3) is 0 Å². The highest BCUT2D eigenvalue weighted by molar-refractivity contribution is 6.05. The fraction of sp³-hybridized carbons (Fsp3) is 0.762. The van der Waals surface area contributed by atoms with E-state index >= 15 is 0 Å². The Balaban J connectivity index is 1.89. The zero-order chi connectivity index (χ0) is 18.9. The largest absolute Gasteiger partial charge is 0.469 e. The van der Waals surface area contributed by atoms with Crippen LogP contribution >= 0.6 is 0 Å². The molecule has 142 valence electrons. The Morgan fingerprint density at radius 1 is 1.15 bits per heavy atom. The topological polar surface area (TPSA) is 69.7 Å². The second-order valence-electron chi connectivity index (χ2n) is 9.00. The molecule has 0 aromatic carbocycles. The van der Waals surface area contributed by atoms with Crippen molar-refractivity contribution in [3.63, 3.8) is 0 Å². The van der Waals surface area contributed by atoms with E-state index in [4.69, 9.17) is 9.47 Å². The van der Waals surface area contributed by atoms with Gasteiger partial charge in [-0.25, -0.2) is 0 Å². The third kappa shape index (κ3) is 1.95. The van der Waals surface area contributed by atoms with Crippen LogP contribution in [-0.4, -0.2) is 31.9 Å². The lowest BCUT2D eigenvalue weighted by atomic mass is 9.59. The average Bonchev–Trinajstić information content (AvgIpc) is 3.07. The molecule has 4 rings (SSSR count). The predicted molar refractivity (Wildman–Crippen MR) is 93.9 cm³/mol. The van der Waals surface area contributed by atoms with Crippen molar-refractivity contribution in [2.45, 2.75) is 45.4 Å². The predicted octanol–water partition coefficient (Wildman–Crippen LogP) is 2.93. The zero-order valence-corrected chi connectivity index (χ0v) is 15.9. The van der Waals surface area contributed by atoms with E-state index in [-0.39, 0.29) is 29.0 Å². The normalized spacial score (nSPS) is 46.5. The number of esters is 2. The second kappa shape index (κ2) is 5.67. The highest BCUT2D eigenvalue weighted by Crippen LogP contribution is 2.73. The van der Waals surface area contributed by atoms with Crippen LogP contribution in [0.15, 0.2) is 12.2 Å². The summed E-state index contributed by atoms with van der Waals surface area (Å²) in [4.78, 5) is 38.7. The Morgan fingerprint density at radius 2 is 1.88 bits per heavy atom. The Hall–Kier alpha value is -1.65. The van der Waals surface area contributed by atoms with Crippen molar-refractivity contribution >= 4 is 17.7 Å². The van der Waals surface area contributed by atoms with Gasteiger partial charge in [0, 0.05) is 6.42 Å². The second-order valence-corrected chi connectivity index (χ2v) is 9.00. The molecule has 0 aromatic rings. The van der Waals surface area contributed by atoms with Gasteiger partial charge in [-0.3, -0.25) is 14.4 Å². The van der Waals surface area contributed by atoms with E-state index in [2.05, 4.69) is 6.58 Å². The molecule has 5 nitrogen and oxygen atoms in total. The number of rotatable bonds is 2. The molecule has 0 heterocycles. The number of ketones is 1. The third-order valence-electron chi connectivity index (χ3n) is 8.30. The van der Waals surface area contributed by atoms with Gasteiger partial charge < -0.3 is 9.47 Å². The first-order valence-corrected chi connectivity index (χ1v) is 9.68. The molecule has 4 saturated carbocycles. The molecule has 0 radical (unpaired) electrons. The Labute approximate surface area is 154 Å². The quantitative estimate of drug-likeness (QED) is 0.430. The first-order chi connectivity index (χ1) is 12.3. The van der Waals surface area contributed by atoms with Crippen molar-refractivity contribution < 1.29 is 23.9 Å². The Morgan fingerprint density at radius 3 is 2.54 bits per heavy atom. The number of ether oxygens (including phenoxy) is 2. The van der Waals surface area contributed by atoms with Gasteiger partial charge in [0.25, 0.3) is 0 Å². The van der Waals surface area contributed by atoms with Crippen LogP contribution in [0.5, 0.6) is 0 Å². The van der Waals surface area contributed by atoms with Crippen molar-refractivity contribution in [1.82, 2.24) is 0 Å². The highest BCUT2D eigenvalue weighted by Gasteiger charge is 2.73. The van der Waals surface area contributed by atoms with Gasteiger partial charge >= 0.3 is 11.9 Å². The van der Waals surface area contributed by atoms with Crippen molar-refractivity contribution in [3.8, 4) is 0 Å². The van der Waals surface area contributed by atoms with Crippen LogP contribution in [0.1, 0.15) is 45.4 Å². The lowest BCUT2D eigenvalue weighted by Gasteiger charge is -2.42. The minimum atomic E-state index is -1.26. The first-order valence-electron chi connectivity index (χ1n) is 9.68. The maximum Gasteiger partial charge on any atom is 0.319 e. The van der Waals surface area contributed by atoms with Crippen molar-refractivity contribution in [3.05, 3.63) is 12.2 Å². The lowest BCUT2D eigenvalue weighted by molar-refractivity contribution is -0.170. The van der Waals surface area contributed by atoms with Gasteiger partial charge in [0.1, 0.15) is 11.2 Å².